The fourth-order valence-corrected chi connectivity index (χ4v) is 2.77. The molecule has 2 aromatic carbocycles. The van der Waals surface area contributed by atoms with E-state index in [1.807, 2.05) is 11.0 Å². The van der Waals surface area contributed by atoms with Crippen LogP contribution in [0.4, 0.5) is 17.1 Å². The molecule has 1 heterocycles. The Kier molecular flexibility index (Phi) is 4.50. The summed E-state index contributed by atoms with van der Waals surface area (Å²) >= 11 is 12.0. The molecule has 0 aliphatic carbocycles. The lowest BCUT2D eigenvalue weighted by molar-refractivity contribution is -0.115. The molecule has 7 heteroatoms. The molecule has 0 radical (unpaired) electrons. The van der Waals surface area contributed by atoms with Crippen molar-refractivity contribution in [3.63, 3.8) is 0 Å². The molecular formula is C16H15Cl2N3O2. The van der Waals surface area contributed by atoms with Crippen molar-refractivity contribution < 1.29 is 9.53 Å². The summed E-state index contributed by atoms with van der Waals surface area (Å²) in [6.07, 6.45) is 0. The Bertz CT molecular complexity index is 752. The average Bonchev–Trinajstić information content (AvgIpc) is 2.52. The summed E-state index contributed by atoms with van der Waals surface area (Å²) in [5.74, 6) is 0.531. The number of benzene rings is 2. The van der Waals surface area contributed by atoms with Crippen molar-refractivity contribution in [3.05, 3.63) is 46.4 Å². The standard InChI is InChI=1S/C16H15Cl2N3O2/c17-11-2-1-3-12(16(11)18)20-15(22)9-21-6-7-23-14-5-4-10(19)8-13(14)21/h1-5,8H,6-7,9,19H2,(H,20,22). The van der Waals surface area contributed by atoms with Gasteiger partial charge >= 0.3 is 0 Å². The molecule has 0 aromatic heterocycles. The molecular weight excluding hydrogens is 337 g/mol. The number of fused-ring (bicyclic) bond motifs is 1. The molecule has 0 saturated heterocycles. The van der Waals surface area contributed by atoms with E-state index in [-0.39, 0.29) is 12.5 Å². The van der Waals surface area contributed by atoms with Crippen molar-refractivity contribution >= 4 is 46.2 Å². The smallest absolute Gasteiger partial charge is 0.243 e. The number of carbonyl (C=O) groups is 1. The first-order valence-corrected chi connectivity index (χ1v) is 7.81. The average molecular weight is 352 g/mol. The minimum atomic E-state index is -0.190. The lowest BCUT2D eigenvalue weighted by Crippen LogP contribution is -2.38. The quantitative estimate of drug-likeness (QED) is 0.831. The summed E-state index contributed by atoms with van der Waals surface area (Å²) in [6, 6.07) is 10.5. The minimum Gasteiger partial charge on any atom is -0.490 e. The van der Waals surface area contributed by atoms with E-state index in [1.54, 1.807) is 30.3 Å². The number of amides is 1. The van der Waals surface area contributed by atoms with Crippen molar-refractivity contribution in [2.75, 3.05) is 35.6 Å². The van der Waals surface area contributed by atoms with E-state index in [4.69, 9.17) is 33.7 Å². The van der Waals surface area contributed by atoms with Gasteiger partial charge in [-0.3, -0.25) is 4.79 Å². The Morgan fingerprint density at radius 2 is 2.13 bits per heavy atom. The van der Waals surface area contributed by atoms with Gasteiger partial charge in [-0.25, -0.2) is 0 Å². The second-order valence-electron chi connectivity index (χ2n) is 5.15. The molecule has 120 valence electrons. The van der Waals surface area contributed by atoms with Gasteiger partial charge in [0.25, 0.3) is 0 Å². The monoisotopic (exact) mass is 351 g/mol. The molecule has 0 fully saturated rings. The first kappa shape index (κ1) is 15.8. The molecule has 0 spiro atoms. The molecule has 0 unspecified atom stereocenters. The van der Waals surface area contributed by atoms with Crippen molar-refractivity contribution in [2.24, 2.45) is 0 Å². The summed E-state index contributed by atoms with van der Waals surface area (Å²) in [7, 11) is 0. The van der Waals surface area contributed by atoms with Gasteiger partial charge in [-0.1, -0.05) is 29.3 Å². The van der Waals surface area contributed by atoms with Crippen molar-refractivity contribution in [1.29, 1.82) is 0 Å². The Morgan fingerprint density at radius 3 is 2.96 bits per heavy atom. The number of nitrogens with one attached hydrogen (secondary N) is 1. The first-order valence-electron chi connectivity index (χ1n) is 7.06. The zero-order valence-corrected chi connectivity index (χ0v) is 13.7. The van der Waals surface area contributed by atoms with Crippen LogP contribution in [-0.2, 0) is 4.79 Å². The van der Waals surface area contributed by atoms with Gasteiger partial charge in [0.15, 0.2) is 0 Å². The topological polar surface area (TPSA) is 67.6 Å². The number of halogens is 2. The molecule has 0 atom stereocenters. The lowest BCUT2D eigenvalue weighted by Gasteiger charge is -2.30. The van der Waals surface area contributed by atoms with E-state index in [1.165, 1.54) is 0 Å². The number of anilines is 3. The van der Waals surface area contributed by atoms with Gasteiger partial charge in [0.1, 0.15) is 12.4 Å². The summed E-state index contributed by atoms with van der Waals surface area (Å²) < 4.78 is 5.58. The third-order valence-corrected chi connectivity index (χ3v) is 4.32. The second-order valence-corrected chi connectivity index (χ2v) is 5.93. The van der Waals surface area contributed by atoms with Gasteiger partial charge in [0, 0.05) is 5.69 Å². The fraction of sp³-hybridized carbons (Fsp3) is 0.188. The SMILES string of the molecule is Nc1ccc2c(c1)N(CC(=O)Nc1cccc(Cl)c1Cl)CCO2. The van der Waals surface area contributed by atoms with Gasteiger partial charge in [0.2, 0.25) is 5.91 Å². The van der Waals surface area contributed by atoms with Crippen LogP contribution in [0.15, 0.2) is 36.4 Å². The first-order chi connectivity index (χ1) is 11.0. The van der Waals surface area contributed by atoms with Gasteiger partial charge < -0.3 is 20.7 Å². The van der Waals surface area contributed by atoms with Crippen molar-refractivity contribution in [2.45, 2.75) is 0 Å². The van der Waals surface area contributed by atoms with Gasteiger partial charge in [0.05, 0.1) is 34.5 Å². The van der Waals surface area contributed by atoms with Crippen molar-refractivity contribution in [1.82, 2.24) is 0 Å². The Morgan fingerprint density at radius 1 is 1.30 bits per heavy atom. The fourth-order valence-electron chi connectivity index (χ4n) is 2.42. The zero-order valence-electron chi connectivity index (χ0n) is 12.2. The van der Waals surface area contributed by atoms with Crippen LogP contribution in [0.2, 0.25) is 10.0 Å². The van der Waals surface area contributed by atoms with Crippen LogP contribution < -0.4 is 20.7 Å². The van der Waals surface area contributed by atoms with E-state index in [9.17, 15) is 4.79 Å². The molecule has 0 saturated carbocycles. The maximum absolute atomic E-state index is 12.3. The highest BCUT2D eigenvalue weighted by molar-refractivity contribution is 6.44. The van der Waals surface area contributed by atoms with E-state index in [0.29, 0.717) is 34.6 Å². The number of hydrogen-bond donors (Lipinski definition) is 2. The number of nitrogen functional groups attached to an aromatic ring is 1. The maximum atomic E-state index is 12.3. The normalized spacial score (nSPS) is 13.2. The van der Waals surface area contributed by atoms with Crippen LogP contribution in [0, 0.1) is 0 Å². The summed E-state index contributed by atoms with van der Waals surface area (Å²) in [5.41, 5.74) is 7.74. The maximum Gasteiger partial charge on any atom is 0.243 e. The third kappa shape index (κ3) is 3.46. The summed E-state index contributed by atoms with van der Waals surface area (Å²) in [4.78, 5) is 14.2. The van der Waals surface area contributed by atoms with Crippen LogP contribution >= 0.6 is 23.2 Å². The van der Waals surface area contributed by atoms with Gasteiger partial charge in [-0.15, -0.1) is 0 Å². The number of carbonyl (C=O) groups excluding carboxylic acids is 1. The van der Waals surface area contributed by atoms with Crippen LogP contribution in [0.5, 0.6) is 5.75 Å². The van der Waals surface area contributed by atoms with E-state index in [2.05, 4.69) is 5.32 Å². The van der Waals surface area contributed by atoms with Crippen LogP contribution in [0.3, 0.4) is 0 Å². The highest BCUT2D eigenvalue weighted by Gasteiger charge is 2.21. The van der Waals surface area contributed by atoms with Crippen LogP contribution in [0.1, 0.15) is 0 Å². The molecule has 1 amide bonds. The lowest BCUT2D eigenvalue weighted by atomic mass is 10.2. The Labute approximate surface area is 143 Å². The number of rotatable bonds is 3. The molecule has 2 aromatic rings. The van der Waals surface area contributed by atoms with E-state index >= 15 is 0 Å². The predicted molar refractivity (Wildman–Crippen MR) is 93.7 cm³/mol. The highest BCUT2D eigenvalue weighted by Crippen LogP contribution is 2.33. The zero-order chi connectivity index (χ0) is 16.4. The number of hydrogen-bond acceptors (Lipinski definition) is 4. The molecule has 3 rings (SSSR count). The number of nitrogens with zero attached hydrogens (tertiary/aromatic N) is 1. The van der Waals surface area contributed by atoms with Crippen molar-refractivity contribution in [3.8, 4) is 5.75 Å². The molecule has 5 nitrogen and oxygen atoms in total. The largest absolute Gasteiger partial charge is 0.490 e. The summed E-state index contributed by atoms with van der Waals surface area (Å²) in [5, 5.41) is 3.50. The second kappa shape index (κ2) is 6.56. The molecule has 3 N–H and O–H groups in total. The Balaban J connectivity index is 1.74. The van der Waals surface area contributed by atoms with Gasteiger partial charge in [-0.2, -0.15) is 0 Å². The predicted octanol–water partition coefficient (Wildman–Crippen LogP) is 3.41. The third-order valence-electron chi connectivity index (χ3n) is 3.50. The summed E-state index contributed by atoms with van der Waals surface area (Å²) in [6.45, 7) is 1.29. The molecule has 1 aliphatic rings. The minimum absolute atomic E-state index is 0.169. The highest BCUT2D eigenvalue weighted by atomic mass is 35.5. The van der Waals surface area contributed by atoms with Gasteiger partial charge in [-0.05, 0) is 30.3 Å². The number of ether oxygens (including phenoxy) is 1. The number of nitrogens with two attached hydrogens (primary N) is 1. The van der Waals surface area contributed by atoms with E-state index < -0.39 is 0 Å². The molecule has 1 aliphatic heterocycles. The van der Waals surface area contributed by atoms with E-state index in [0.717, 1.165) is 11.4 Å². The molecule has 23 heavy (non-hydrogen) atoms. The van der Waals surface area contributed by atoms with Crippen LogP contribution in [-0.4, -0.2) is 25.6 Å². The molecule has 0 bridgehead atoms. The van der Waals surface area contributed by atoms with Crippen LogP contribution in [0.25, 0.3) is 0 Å². The Hall–Kier alpha value is -2.11.